The summed E-state index contributed by atoms with van der Waals surface area (Å²) < 4.78 is 0.660. The molecule has 60 valence electrons. The minimum absolute atomic E-state index is 0.660. The maximum atomic E-state index is 5.08. The molecule has 0 unspecified atom stereocenters. The molecule has 1 N–H and O–H groups in total. The second-order valence-electron chi connectivity index (χ2n) is 2.71. The van der Waals surface area contributed by atoms with Crippen LogP contribution in [-0.2, 0) is 0 Å². The van der Waals surface area contributed by atoms with E-state index in [-0.39, 0.29) is 0 Å². The summed E-state index contributed by atoms with van der Waals surface area (Å²) in [6, 6.07) is 6.02. The molecule has 0 bridgehead atoms. The molecular weight excluding hydrogens is 168 g/mol. The lowest BCUT2D eigenvalue weighted by Gasteiger charge is -1.99. The Balaban J connectivity index is 3.05. The summed E-state index contributed by atoms with van der Waals surface area (Å²) in [6.45, 7) is 2.05. The first-order valence-electron chi connectivity index (χ1n) is 3.72. The lowest BCUT2D eigenvalue weighted by atomic mass is 10.1. The second-order valence-corrected chi connectivity index (χ2v) is 3.09. The third-order valence-corrected chi connectivity index (χ3v) is 2.22. The summed E-state index contributed by atoms with van der Waals surface area (Å²) in [4.78, 5) is 7.09. The third-order valence-electron chi connectivity index (χ3n) is 1.89. The van der Waals surface area contributed by atoms with E-state index >= 15 is 0 Å². The number of hydrogen-bond donors (Lipinski definition) is 1. The molecular formula is C9H8N2S. The Labute approximate surface area is 75.3 Å². The summed E-state index contributed by atoms with van der Waals surface area (Å²) in [5.41, 5.74) is 2.28. The molecule has 0 aliphatic rings. The fourth-order valence-electron chi connectivity index (χ4n) is 1.26. The highest BCUT2D eigenvalue weighted by molar-refractivity contribution is 7.71. The van der Waals surface area contributed by atoms with Gasteiger partial charge >= 0.3 is 0 Å². The molecule has 2 aromatic rings. The Morgan fingerprint density at radius 3 is 3.00 bits per heavy atom. The van der Waals surface area contributed by atoms with Gasteiger partial charge in [0.1, 0.15) is 4.64 Å². The standard InChI is InChI=1S/C9H8N2S/c1-6-3-2-4-7-8(6)10-5-11-9(7)12/h2-5H,1H3,(H,10,11,12). The van der Waals surface area contributed by atoms with Gasteiger partial charge in [0.2, 0.25) is 0 Å². The van der Waals surface area contributed by atoms with Gasteiger partial charge in [0.05, 0.1) is 11.8 Å². The van der Waals surface area contributed by atoms with Gasteiger partial charge < -0.3 is 4.98 Å². The molecule has 2 rings (SSSR count). The van der Waals surface area contributed by atoms with Crippen LogP contribution < -0.4 is 0 Å². The molecule has 0 radical (unpaired) electrons. The van der Waals surface area contributed by atoms with Gasteiger partial charge in [-0.1, -0.05) is 24.4 Å². The number of aryl methyl sites for hydroxylation is 1. The Hall–Kier alpha value is -1.22. The first-order valence-corrected chi connectivity index (χ1v) is 4.13. The van der Waals surface area contributed by atoms with E-state index in [4.69, 9.17) is 12.2 Å². The number of aromatic amines is 1. The molecule has 1 aromatic carbocycles. The lowest BCUT2D eigenvalue weighted by molar-refractivity contribution is 1.20. The zero-order chi connectivity index (χ0) is 8.55. The molecule has 0 fully saturated rings. The number of fused-ring (bicyclic) bond motifs is 1. The lowest BCUT2D eigenvalue weighted by Crippen LogP contribution is -1.85. The highest BCUT2D eigenvalue weighted by Crippen LogP contribution is 2.14. The number of rotatable bonds is 0. The van der Waals surface area contributed by atoms with Crippen molar-refractivity contribution in [2.24, 2.45) is 0 Å². The predicted molar refractivity (Wildman–Crippen MR) is 51.7 cm³/mol. The van der Waals surface area contributed by atoms with Crippen LogP contribution in [0.15, 0.2) is 24.5 Å². The van der Waals surface area contributed by atoms with E-state index in [0.29, 0.717) is 4.64 Å². The highest BCUT2D eigenvalue weighted by atomic mass is 32.1. The van der Waals surface area contributed by atoms with E-state index in [9.17, 15) is 0 Å². The van der Waals surface area contributed by atoms with E-state index < -0.39 is 0 Å². The molecule has 0 spiro atoms. The zero-order valence-electron chi connectivity index (χ0n) is 6.66. The van der Waals surface area contributed by atoms with Crippen LogP contribution in [0.25, 0.3) is 10.9 Å². The minimum atomic E-state index is 0.660. The van der Waals surface area contributed by atoms with Crippen molar-refractivity contribution >= 4 is 23.1 Å². The van der Waals surface area contributed by atoms with Crippen molar-refractivity contribution in [1.29, 1.82) is 0 Å². The number of H-pyrrole nitrogens is 1. The quantitative estimate of drug-likeness (QED) is 0.625. The number of para-hydroxylation sites is 1. The van der Waals surface area contributed by atoms with E-state index in [1.54, 1.807) is 6.33 Å². The van der Waals surface area contributed by atoms with Gasteiger partial charge in [-0.2, -0.15) is 0 Å². The monoisotopic (exact) mass is 176 g/mol. The van der Waals surface area contributed by atoms with Crippen molar-refractivity contribution in [2.45, 2.75) is 6.92 Å². The van der Waals surface area contributed by atoms with Gasteiger partial charge in [0.25, 0.3) is 0 Å². The van der Waals surface area contributed by atoms with Crippen LogP contribution in [0.5, 0.6) is 0 Å². The molecule has 1 aromatic heterocycles. The first kappa shape index (κ1) is 7.43. The van der Waals surface area contributed by atoms with Gasteiger partial charge in [-0.05, 0) is 18.6 Å². The Morgan fingerprint density at radius 2 is 2.25 bits per heavy atom. The highest BCUT2D eigenvalue weighted by Gasteiger charge is 1.96. The molecule has 0 aliphatic carbocycles. The van der Waals surface area contributed by atoms with Crippen molar-refractivity contribution in [3.8, 4) is 0 Å². The average molecular weight is 176 g/mol. The van der Waals surface area contributed by atoms with E-state index in [1.165, 1.54) is 5.56 Å². The molecule has 0 saturated carbocycles. The normalized spacial score (nSPS) is 10.4. The summed E-state index contributed by atoms with van der Waals surface area (Å²) in [5.74, 6) is 0. The molecule has 1 heterocycles. The van der Waals surface area contributed by atoms with Gasteiger partial charge in [0, 0.05) is 5.39 Å². The largest absolute Gasteiger partial charge is 0.346 e. The molecule has 0 atom stereocenters. The van der Waals surface area contributed by atoms with Crippen molar-refractivity contribution in [2.75, 3.05) is 0 Å². The van der Waals surface area contributed by atoms with Crippen LogP contribution in [0.2, 0.25) is 0 Å². The number of nitrogens with one attached hydrogen (secondary N) is 1. The van der Waals surface area contributed by atoms with E-state index in [1.807, 2.05) is 25.1 Å². The third kappa shape index (κ3) is 1.02. The summed E-state index contributed by atoms with van der Waals surface area (Å²) in [7, 11) is 0. The minimum Gasteiger partial charge on any atom is -0.346 e. The topological polar surface area (TPSA) is 28.7 Å². The van der Waals surface area contributed by atoms with Crippen molar-refractivity contribution in [3.05, 3.63) is 34.7 Å². The van der Waals surface area contributed by atoms with Crippen LogP contribution >= 0.6 is 12.2 Å². The SMILES string of the molecule is Cc1cccc2c(=S)nc[nH]c12. The second kappa shape index (κ2) is 2.68. The van der Waals surface area contributed by atoms with Gasteiger partial charge in [-0.25, -0.2) is 4.98 Å². The Morgan fingerprint density at radius 1 is 1.42 bits per heavy atom. The molecule has 0 amide bonds. The van der Waals surface area contributed by atoms with Gasteiger partial charge in [-0.3, -0.25) is 0 Å². The fraction of sp³-hybridized carbons (Fsp3) is 0.111. The van der Waals surface area contributed by atoms with Crippen LogP contribution in [0.1, 0.15) is 5.56 Å². The zero-order valence-corrected chi connectivity index (χ0v) is 7.48. The molecule has 0 saturated heterocycles. The first-order chi connectivity index (χ1) is 5.79. The predicted octanol–water partition coefficient (Wildman–Crippen LogP) is 2.60. The van der Waals surface area contributed by atoms with Crippen LogP contribution in [0, 0.1) is 11.6 Å². The number of benzene rings is 1. The average Bonchev–Trinajstić information content (AvgIpc) is 2.07. The number of hydrogen-bond acceptors (Lipinski definition) is 2. The number of aromatic nitrogens is 2. The fourth-order valence-corrected chi connectivity index (χ4v) is 1.49. The molecule has 2 nitrogen and oxygen atoms in total. The number of nitrogens with zero attached hydrogens (tertiary/aromatic N) is 1. The Bertz CT molecular complexity index is 473. The maximum absolute atomic E-state index is 5.08. The van der Waals surface area contributed by atoms with Crippen LogP contribution in [0.3, 0.4) is 0 Å². The van der Waals surface area contributed by atoms with Crippen molar-refractivity contribution in [1.82, 2.24) is 9.97 Å². The van der Waals surface area contributed by atoms with Gasteiger partial charge in [-0.15, -0.1) is 0 Å². The van der Waals surface area contributed by atoms with Crippen molar-refractivity contribution < 1.29 is 0 Å². The van der Waals surface area contributed by atoms with Crippen LogP contribution in [-0.4, -0.2) is 9.97 Å². The van der Waals surface area contributed by atoms with E-state index in [0.717, 1.165) is 10.9 Å². The summed E-state index contributed by atoms with van der Waals surface area (Å²) >= 11 is 5.08. The smallest absolute Gasteiger partial charge is 0.137 e. The van der Waals surface area contributed by atoms with Crippen LogP contribution in [0.4, 0.5) is 0 Å². The van der Waals surface area contributed by atoms with Gasteiger partial charge in [0.15, 0.2) is 0 Å². The maximum Gasteiger partial charge on any atom is 0.137 e. The molecule has 12 heavy (non-hydrogen) atoms. The molecule has 0 aliphatic heterocycles. The summed E-state index contributed by atoms with van der Waals surface area (Å²) in [5, 5.41) is 1.02. The summed E-state index contributed by atoms with van der Waals surface area (Å²) in [6.07, 6.45) is 1.64. The van der Waals surface area contributed by atoms with Crippen molar-refractivity contribution in [3.63, 3.8) is 0 Å². The molecule has 3 heteroatoms. The van der Waals surface area contributed by atoms with E-state index in [2.05, 4.69) is 9.97 Å². The Kier molecular flexibility index (Phi) is 1.66.